The van der Waals surface area contributed by atoms with Gasteiger partial charge >= 0.3 is 5.63 Å². The Morgan fingerprint density at radius 2 is 1.79 bits per heavy atom. The molecule has 144 valence electrons. The van der Waals surface area contributed by atoms with Crippen molar-refractivity contribution < 1.29 is 13.9 Å². The van der Waals surface area contributed by atoms with E-state index in [0.29, 0.717) is 11.3 Å². The average Bonchev–Trinajstić information content (AvgIpc) is 2.69. The molecule has 28 heavy (non-hydrogen) atoms. The molecule has 1 aliphatic rings. The topological polar surface area (TPSA) is 68.5 Å². The molecule has 0 aliphatic heterocycles. The summed E-state index contributed by atoms with van der Waals surface area (Å²) in [4.78, 5) is 24.5. The van der Waals surface area contributed by atoms with Gasteiger partial charge in [0.1, 0.15) is 11.3 Å². The maximum atomic E-state index is 12.3. The van der Waals surface area contributed by atoms with E-state index in [2.05, 4.69) is 5.32 Å². The lowest BCUT2D eigenvalue weighted by Gasteiger charge is -2.16. The minimum absolute atomic E-state index is 0.117. The van der Waals surface area contributed by atoms with Crippen LogP contribution in [0.2, 0.25) is 0 Å². The quantitative estimate of drug-likeness (QED) is 0.688. The number of aryl methyl sites for hydroxylation is 3. The van der Waals surface area contributed by atoms with Crippen LogP contribution >= 0.6 is 0 Å². The van der Waals surface area contributed by atoms with E-state index in [1.807, 2.05) is 44.2 Å². The van der Waals surface area contributed by atoms with Crippen molar-refractivity contribution in [1.29, 1.82) is 0 Å². The molecule has 5 nitrogen and oxygen atoms in total. The number of hydrogen-bond acceptors (Lipinski definition) is 4. The van der Waals surface area contributed by atoms with Crippen molar-refractivity contribution in [3.05, 3.63) is 69.1 Å². The first-order chi connectivity index (χ1) is 13.5. The van der Waals surface area contributed by atoms with Crippen LogP contribution in [0.25, 0.3) is 11.0 Å². The number of hydrogen-bond donors (Lipinski definition) is 1. The SMILES string of the molecule is Cc1cccc(C)c1NC(=O)COc1ccc2c3c(c(=O)oc2c1)CCCC3. The van der Waals surface area contributed by atoms with Crippen LogP contribution in [0.5, 0.6) is 5.75 Å². The molecule has 4 rings (SSSR count). The van der Waals surface area contributed by atoms with Gasteiger partial charge in [0.25, 0.3) is 5.91 Å². The highest BCUT2D eigenvalue weighted by Gasteiger charge is 2.18. The summed E-state index contributed by atoms with van der Waals surface area (Å²) in [6.07, 6.45) is 3.79. The van der Waals surface area contributed by atoms with Crippen LogP contribution < -0.4 is 15.7 Å². The second kappa shape index (κ2) is 7.50. The fourth-order valence-electron chi connectivity index (χ4n) is 3.85. The Balaban J connectivity index is 1.51. The number of fused-ring (bicyclic) bond motifs is 3. The van der Waals surface area contributed by atoms with E-state index >= 15 is 0 Å². The molecule has 0 unspecified atom stereocenters. The summed E-state index contributed by atoms with van der Waals surface area (Å²) in [5.41, 5.74) is 4.98. The minimum atomic E-state index is -0.257. The number of ether oxygens (including phenoxy) is 1. The molecule has 3 aromatic rings. The van der Waals surface area contributed by atoms with Crippen LogP contribution in [-0.4, -0.2) is 12.5 Å². The van der Waals surface area contributed by atoms with Crippen molar-refractivity contribution in [2.75, 3.05) is 11.9 Å². The Kier molecular flexibility index (Phi) is 4.90. The lowest BCUT2D eigenvalue weighted by molar-refractivity contribution is -0.118. The molecule has 0 spiro atoms. The third-order valence-corrected chi connectivity index (χ3v) is 5.31. The van der Waals surface area contributed by atoms with Gasteiger partial charge in [-0.15, -0.1) is 0 Å². The summed E-state index contributed by atoms with van der Waals surface area (Å²) >= 11 is 0. The van der Waals surface area contributed by atoms with Gasteiger partial charge in [0.05, 0.1) is 0 Å². The van der Waals surface area contributed by atoms with E-state index in [4.69, 9.17) is 9.15 Å². The summed E-state index contributed by atoms with van der Waals surface area (Å²) < 4.78 is 11.1. The first-order valence-corrected chi connectivity index (χ1v) is 9.60. The molecule has 0 saturated carbocycles. The molecule has 0 bridgehead atoms. The van der Waals surface area contributed by atoms with E-state index in [0.717, 1.165) is 59.0 Å². The fraction of sp³-hybridized carbons (Fsp3) is 0.304. The maximum Gasteiger partial charge on any atom is 0.339 e. The van der Waals surface area contributed by atoms with Gasteiger partial charge in [-0.2, -0.15) is 0 Å². The molecule has 1 N–H and O–H groups in total. The van der Waals surface area contributed by atoms with E-state index < -0.39 is 0 Å². The van der Waals surface area contributed by atoms with E-state index in [1.54, 1.807) is 6.07 Å². The average molecular weight is 377 g/mol. The van der Waals surface area contributed by atoms with E-state index in [-0.39, 0.29) is 18.1 Å². The number of rotatable bonds is 4. The summed E-state index contributed by atoms with van der Waals surface area (Å²) in [7, 11) is 0. The van der Waals surface area contributed by atoms with E-state index in [9.17, 15) is 9.59 Å². The van der Waals surface area contributed by atoms with Crippen LogP contribution in [-0.2, 0) is 17.6 Å². The Labute approximate surface area is 163 Å². The van der Waals surface area contributed by atoms with Crippen LogP contribution in [0.1, 0.15) is 35.1 Å². The van der Waals surface area contributed by atoms with Crippen molar-refractivity contribution >= 4 is 22.6 Å². The fourth-order valence-corrected chi connectivity index (χ4v) is 3.85. The lowest BCUT2D eigenvalue weighted by atomic mass is 9.91. The lowest BCUT2D eigenvalue weighted by Crippen LogP contribution is -2.21. The van der Waals surface area contributed by atoms with E-state index in [1.165, 1.54) is 0 Å². The predicted molar refractivity (Wildman–Crippen MR) is 109 cm³/mol. The third-order valence-electron chi connectivity index (χ3n) is 5.31. The summed E-state index contributed by atoms with van der Waals surface area (Å²) in [5.74, 6) is 0.271. The highest BCUT2D eigenvalue weighted by molar-refractivity contribution is 5.93. The zero-order valence-corrected chi connectivity index (χ0v) is 16.1. The highest BCUT2D eigenvalue weighted by atomic mass is 16.5. The monoisotopic (exact) mass is 377 g/mol. The van der Waals surface area contributed by atoms with Crippen molar-refractivity contribution in [3.63, 3.8) is 0 Å². The molecular weight excluding hydrogens is 354 g/mol. The van der Waals surface area contributed by atoms with Crippen molar-refractivity contribution in [1.82, 2.24) is 0 Å². The van der Waals surface area contributed by atoms with Crippen LogP contribution in [0.4, 0.5) is 5.69 Å². The van der Waals surface area contributed by atoms with Gasteiger partial charge in [0, 0.05) is 22.7 Å². The standard InChI is InChI=1S/C23H23NO4/c1-14-6-5-7-15(2)22(14)24-21(25)13-27-16-10-11-18-17-8-3-4-9-19(17)23(26)28-20(18)12-16/h5-7,10-12H,3-4,8-9,13H2,1-2H3,(H,24,25). The van der Waals surface area contributed by atoms with Gasteiger partial charge in [-0.3, -0.25) is 4.79 Å². The second-order valence-electron chi connectivity index (χ2n) is 7.32. The zero-order chi connectivity index (χ0) is 19.7. The number of para-hydroxylation sites is 1. The van der Waals surface area contributed by atoms with Gasteiger partial charge in [-0.1, -0.05) is 18.2 Å². The molecule has 0 saturated heterocycles. The minimum Gasteiger partial charge on any atom is -0.484 e. The number of benzene rings is 2. The molecule has 2 aromatic carbocycles. The van der Waals surface area contributed by atoms with Crippen molar-refractivity contribution in [2.45, 2.75) is 39.5 Å². The molecular formula is C23H23NO4. The first kappa shape index (κ1) is 18.3. The van der Waals surface area contributed by atoms with Gasteiger partial charge in [-0.25, -0.2) is 4.79 Å². The summed E-state index contributed by atoms with van der Waals surface area (Å²) in [6.45, 7) is 3.79. The van der Waals surface area contributed by atoms with Crippen LogP contribution in [0.15, 0.2) is 45.6 Å². The molecule has 0 atom stereocenters. The molecule has 0 radical (unpaired) electrons. The van der Waals surface area contributed by atoms with Gasteiger partial charge in [0.15, 0.2) is 6.61 Å². The number of amides is 1. The molecule has 5 heteroatoms. The Morgan fingerprint density at radius 1 is 1.07 bits per heavy atom. The largest absolute Gasteiger partial charge is 0.484 e. The third kappa shape index (κ3) is 3.52. The molecule has 1 aliphatic carbocycles. The van der Waals surface area contributed by atoms with Crippen molar-refractivity contribution in [3.8, 4) is 5.75 Å². The zero-order valence-electron chi connectivity index (χ0n) is 16.1. The Morgan fingerprint density at radius 3 is 2.54 bits per heavy atom. The Hall–Kier alpha value is -3.08. The maximum absolute atomic E-state index is 12.3. The number of carbonyl (C=O) groups is 1. The molecule has 1 amide bonds. The normalized spacial score (nSPS) is 13.2. The highest BCUT2D eigenvalue weighted by Crippen LogP contribution is 2.29. The number of carbonyl (C=O) groups excluding carboxylic acids is 1. The van der Waals surface area contributed by atoms with Gasteiger partial charge in [-0.05, 0) is 68.4 Å². The molecule has 1 heterocycles. The first-order valence-electron chi connectivity index (χ1n) is 9.60. The smallest absolute Gasteiger partial charge is 0.339 e. The molecule has 1 aromatic heterocycles. The predicted octanol–water partition coefficient (Wildman–Crippen LogP) is 4.31. The van der Waals surface area contributed by atoms with Gasteiger partial charge < -0.3 is 14.5 Å². The number of anilines is 1. The van der Waals surface area contributed by atoms with Crippen LogP contribution in [0.3, 0.4) is 0 Å². The van der Waals surface area contributed by atoms with Crippen molar-refractivity contribution in [2.24, 2.45) is 0 Å². The Bertz CT molecular complexity index is 1090. The van der Waals surface area contributed by atoms with Gasteiger partial charge in [0.2, 0.25) is 0 Å². The molecule has 0 fully saturated rings. The summed E-state index contributed by atoms with van der Waals surface area (Å²) in [6, 6.07) is 11.3. The number of nitrogens with one attached hydrogen (secondary N) is 1. The second-order valence-corrected chi connectivity index (χ2v) is 7.32. The van der Waals surface area contributed by atoms with Crippen LogP contribution in [0, 0.1) is 13.8 Å². The summed E-state index contributed by atoms with van der Waals surface area (Å²) in [5, 5.41) is 3.86.